The molecule has 0 aromatic heterocycles. The van der Waals surface area contributed by atoms with Gasteiger partial charge in [0.05, 0.1) is 56.8 Å². The Morgan fingerprint density at radius 2 is 1.52 bits per heavy atom. The Kier molecular flexibility index (Phi) is 19.9. The third-order valence-corrected chi connectivity index (χ3v) is 12.5. The van der Waals surface area contributed by atoms with Crippen molar-refractivity contribution >= 4 is 41.4 Å². The van der Waals surface area contributed by atoms with Crippen LogP contribution in [0.5, 0.6) is 5.75 Å². The quantitative estimate of drug-likeness (QED) is 0.0279. The first kappa shape index (κ1) is 52.5. The number of carbonyl (C=O) groups is 5. The first-order chi connectivity index (χ1) is 31.6. The van der Waals surface area contributed by atoms with Crippen LogP contribution in [0.2, 0.25) is 0 Å². The van der Waals surface area contributed by atoms with E-state index in [0.717, 1.165) is 36.8 Å². The second kappa shape index (κ2) is 25.1. The van der Waals surface area contributed by atoms with E-state index < -0.39 is 72.8 Å². The number of amides is 6. The number of unbranched alkanes of at least 4 members (excludes halogenated alkanes) is 1. The van der Waals surface area contributed by atoms with E-state index >= 15 is 0 Å². The summed E-state index contributed by atoms with van der Waals surface area (Å²) in [5.74, 6) is -2.27. The number of nitrogens with one attached hydrogen (secondary N) is 7. The van der Waals surface area contributed by atoms with E-state index in [1.807, 2.05) is 0 Å². The van der Waals surface area contributed by atoms with Crippen LogP contribution in [0.3, 0.4) is 0 Å². The van der Waals surface area contributed by atoms with Gasteiger partial charge in [-0.3, -0.25) is 19.2 Å². The largest absolute Gasteiger partial charge is 0.490 e. The molecule has 27 heteroatoms. The lowest BCUT2D eigenvalue weighted by Crippen LogP contribution is -2.50. The molecule has 6 amide bonds. The highest BCUT2D eigenvalue weighted by atomic mass is 32.2. The highest BCUT2D eigenvalue weighted by molar-refractivity contribution is 8.00. The van der Waals surface area contributed by atoms with Crippen molar-refractivity contribution in [3.05, 3.63) is 29.3 Å². The molecular weight excluding hydrogens is 908 g/mol. The number of rotatable bonds is 29. The summed E-state index contributed by atoms with van der Waals surface area (Å²) in [6.07, 6.45) is -10.6. The minimum absolute atomic E-state index is 0.0254. The van der Waals surface area contributed by atoms with Gasteiger partial charge in [0.25, 0.3) is 17.7 Å². The Morgan fingerprint density at radius 3 is 2.20 bits per heavy atom. The number of aliphatic hydroxyl groups excluding tert-OH is 5. The molecule has 0 bridgehead atoms. The molecule has 0 radical (unpaired) electrons. The molecule has 3 fully saturated rings. The maximum Gasteiger partial charge on any atom is 0.442 e. The zero-order valence-electron chi connectivity index (χ0n) is 35.8. The normalized spacial score (nSPS) is 24.7. The van der Waals surface area contributed by atoms with Gasteiger partial charge in [-0.15, -0.1) is 10.2 Å². The van der Waals surface area contributed by atoms with E-state index in [1.54, 1.807) is 11.8 Å². The zero-order chi connectivity index (χ0) is 47.9. The lowest BCUT2D eigenvalue weighted by atomic mass is 10.00. The molecule has 1 aromatic rings. The number of thioether (sulfide) groups is 1. The van der Waals surface area contributed by atoms with Crippen molar-refractivity contribution in [2.24, 2.45) is 10.2 Å². The molecule has 4 heterocycles. The Hall–Kier alpha value is -4.45. The van der Waals surface area contributed by atoms with Crippen LogP contribution in [0.4, 0.5) is 18.0 Å². The summed E-state index contributed by atoms with van der Waals surface area (Å²) in [6.45, 7) is -0.489. The van der Waals surface area contributed by atoms with Crippen molar-refractivity contribution in [2.75, 3.05) is 84.7 Å². The zero-order valence-corrected chi connectivity index (χ0v) is 36.6. The molecule has 9 atom stereocenters. The summed E-state index contributed by atoms with van der Waals surface area (Å²) in [5, 5.41) is 74.8. The van der Waals surface area contributed by atoms with Crippen LogP contribution in [-0.4, -0.2) is 200 Å². The van der Waals surface area contributed by atoms with E-state index in [4.69, 9.17) is 18.9 Å². The third-order valence-electron chi connectivity index (χ3n) is 11.0. The fraction of sp³-hybridized carbons (Fsp3) is 0.718. The van der Waals surface area contributed by atoms with Crippen molar-refractivity contribution in [3.8, 4) is 5.75 Å². The molecule has 370 valence electrons. The van der Waals surface area contributed by atoms with Gasteiger partial charge in [0.2, 0.25) is 5.91 Å². The first-order valence-electron chi connectivity index (χ1n) is 21.5. The molecule has 66 heavy (non-hydrogen) atoms. The Morgan fingerprint density at radius 1 is 0.864 bits per heavy atom. The maximum atomic E-state index is 13.7. The van der Waals surface area contributed by atoms with Crippen molar-refractivity contribution < 1.29 is 81.6 Å². The molecular formula is C39H58F3N9O14S. The number of fused-ring (bicyclic) bond motifs is 1. The average molecular weight is 966 g/mol. The molecule has 0 aliphatic carbocycles. The van der Waals surface area contributed by atoms with Crippen molar-refractivity contribution in [2.45, 2.75) is 91.5 Å². The fourth-order valence-electron chi connectivity index (χ4n) is 7.26. The van der Waals surface area contributed by atoms with Crippen LogP contribution in [0.25, 0.3) is 0 Å². The predicted octanol–water partition coefficient (Wildman–Crippen LogP) is -3.12. The Labute approximate surface area is 381 Å². The van der Waals surface area contributed by atoms with Crippen molar-refractivity contribution in [3.63, 3.8) is 0 Å². The van der Waals surface area contributed by atoms with E-state index in [1.165, 1.54) is 0 Å². The second-order valence-electron chi connectivity index (χ2n) is 15.7. The van der Waals surface area contributed by atoms with E-state index in [-0.39, 0.29) is 120 Å². The van der Waals surface area contributed by atoms with Crippen molar-refractivity contribution in [1.82, 2.24) is 37.2 Å². The average Bonchev–Trinajstić information content (AvgIpc) is 3.84. The van der Waals surface area contributed by atoms with E-state index in [2.05, 4.69) is 47.4 Å². The molecule has 23 nitrogen and oxygen atoms in total. The number of nitrogens with zero attached hydrogens (tertiary/aromatic N) is 2. The summed E-state index contributed by atoms with van der Waals surface area (Å²) in [6, 6.07) is 3.35. The summed E-state index contributed by atoms with van der Waals surface area (Å²) < 4.78 is 63.0. The molecule has 0 spiro atoms. The number of aliphatic hydroxyl groups is 5. The van der Waals surface area contributed by atoms with E-state index in [0.29, 0.717) is 11.7 Å². The maximum absolute atomic E-state index is 13.7. The lowest BCUT2D eigenvalue weighted by molar-refractivity contribution is -0.166. The number of hydrogen-bond donors (Lipinski definition) is 12. The lowest BCUT2D eigenvalue weighted by Gasteiger charge is -2.18. The smallest absolute Gasteiger partial charge is 0.442 e. The summed E-state index contributed by atoms with van der Waals surface area (Å²) >= 11 is 1.80. The fourth-order valence-corrected chi connectivity index (χ4v) is 8.81. The number of carbonyl (C=O) groups excluding carboxylic acids is 5. The summed E-state index contributed by atoms with van der Waals surface area (Å²) in [5.41, 5.74) is -3.21. The molecule has 4 unspecified atom stereocenters. The minimum atomic E-state index is -4.83. The Balaban J connectivity index is 0.901. The van der Waals surface area contributed by atoms with Gasteiger partial charge in [0.1, 0.15) is 30.7 Å². The molecule has 4 aliphatic heterocycles. The first-order valence-corrected chi connectivity index (χ1v) is 22.5. The van der Waals surface area contributed by atoms with Crippen LogP contribution >= 0.6 is 11.8 Å². The molecule has 1 aromatic carbocycles. The molecule has 5 rings (SSSR count). The van der Waals surface area contributed by atoms with Crippen LogP contribution in [0, 0.1) is 0 Å². The molecule has 3 saturated heterocycles. The molecule has 0 saturated carbocycles. The number of urea groups is 1. The SMILES string of the molecule is O=C(CCCC[C@@H]1SCC2NC(=O)NC21)NCCNC(=O)C(O)C(O)C(=O)NCCOCCOCCOc1cc(C2(C(F)(F)F)N=N2)ccc1C(=O)NCCNC[C@H]1O[C@H](CO)[C@@H](O)[C@@H]1O. The van der Waals surface area contributed by atoms with Gasteiger partial charge in [-0.05, 0) is 25.0 Å². The monoisotopic (exact) mass is 965 g/mol. The van der Waals surface area contributed by atoms with Gasteiger partial charge in [-0.2, -0.15) is 24.9 Å². The standard InChI is InChI=1S/C39H58F3N9O14S/c40-39(41,42)38(50-51-38)21-5-6-22(34(58)45-8-7-43-18-25-30(54)31(55)26(19-52)65-25)24(17-21)64-16-15-63-14-13-62-12-11-47-36(60)33(57)32(56)35(59)46-10-9-44-28(53)4-2-1-3-27-29-23(20-66-27)48-37(61)49-29/h5-6,17,23,25-27,29-33,43,52,54-57H,1-4,7-16,18-20H2,(H,44,53)(H,45,58)(H,46,59)(H,47,60)(H2,48,49,61)/t23?,25-,26-,27+,29?,30-,31-,32?,33?/m1/s1. The highest BCUT2D eigenvalue weighted by Gasteiger charge is 2.65. The summed E-state index contributed by atoms with van der Waals surface area (Å²) in [4.78, 5) is 61.2. The van der Waals surface area contributed by atoms with E-state index in [9.17, 15) is 62.7 Å². The number of ether oxygens (including phenoxy) is 4. The van der Waals surface area contributed by atoms with Gasteiger partial charge in [-0.25, -0.2) is 4.79 Å². The van der Waals surface area contributed by atoms with Gasteiger partial charge in [0.15, 0.2) is 12.2 Å². The topological polar surface area (TPSA) is 332 Å². The second-order valence-corrected chi connectivity index (χ2v) is 17.0. The van der Waals surface area contributed by atoms with Crippen LogP contribution in [-0.2, 0) is 34.3 Å². The predicted molar refractivity (Wildman–Crippen MR) is 224 cm³/mol. The van der Waals surface area contributed by atoms with Gasteiger partial charge < -0.3 is 81.7 Å². The van der Waals surface area contributed by atoms with Gasteiger partial charge >= 0.3 is 17.9 Å². The third kappa shape index (κ3) is 14.5. The minimum Gasteiger partial charge on any atom is -0.490 e. The van der Waals surface area contributed by atoms with Gasteiger partial charge in [-0.1, -0.05) is 12.5 Å². The molecule has 4 aliphatic rings. The number of alkyl halides is 3. The van der Waals surface area contributed by atoms with Crippen LogP contribution in [0.1, 0.15) is 41.6 Å². The number of halogens is 3. The van der Waals surface area contributed by atoms with Gasteiger partial charge in [0, 0.05) is 62.3 Å². The van der Waals surface area contributed by atoms with Crippen LogP contribution in [0.15, 0.2) is 28.4 Å². The highest BCUT2D eigenvalue weighted by Crippen LogP contribution is 2.53. The Bertz CT molecular complexity index is 1830. The number of benzene rings is 1. The van der Waals surface area contributed by atoms with Crippen LogP contribution < -0.4 is 42.0 Å². The molecule has 12 N–H and O–H groups in total. The van der Waals surface area contributed by atoms with Crippen molar-refractivity contribution in [1.29, 1.82) is 0 Å². The summed E-state index contributed by atoms with van der Waals surface area (Å²) in [7, 11) is 0. The number of hydrogen-bond acceptors (Lipinski definition) is 18.